The molecule has 26 heavy (non-hydrogen) atoms. The quantitative estimate of drug-likeness (QED) is 0.590. The van der Waals surface area contributed by atoms with Crippen molar-refractivity contribution in [1.29, 1.82) is 0 Å². The zero-order chi connectivity index (χ0) is 18.1. The molecule has 5 nitrogen and oxygen atoms in total. The largest absolute Gasteiger partial charge is 0.493 e. The Morgan fingerprint density at radius 2 is 1.81 bits per heavy atom. The van der Waals surface area contributed by atoms with Crippen LogP contribution in [0.25, 0.3) is 0 Å². The molecule has 0 spiro atoms. The van der Waals surface area contributed by atoms with E-state index in [9.17, 15) is 10.2 Å². The summed E-state index contributed by atoms with van der Waals surface area (Å²) in [5, 5.41) is 22.7. The first-order valence-electron chi connectivity index (χ1n) is 8.54. The Morgan fingerprint density at radius 3 is 2.42 bits per heavy atom. The number of aliphatic hydroxyl groups excluding tert-OH is 2. The molecule has 2 rings (SSSR count). The second-order valence-corrected chi connectivity index (χ2v) is 5.89. The van der Waals surface area contributed by atoms with E-state index in [2.05, 4.69) is 5.32 Å². The third kappa shape index (κ3) is 6.50. The minimum Gasteiger partial charge on any atom is -0.493 e. The number of halogens is 1. The summed E-state index contributed by atoms with van der Waals surface area (Å²) in [6.45, 7) is 2.94. The summed E-state index contributed by atoms with van der Waals surface area (Å²) in [5.41, 5.74) is 1.86. The Kier molecular flexibility index (Phi) is 10.1. The lowest BCUT2D eigenvalue weighted by atomic mass is 10.1. The van der Waals surface area contributed by atoms with E-state index in [1.807, 2.05) is 55.5 Å². The molecule has 0 saturated heterocycles. The van der Waals surface area contributed by atoms with Gasteiger partial charge in [-0.15, -0.1) is 12.4 Å². The second kappa shape index (κ2) is 11.8. The number of hydrogen-bond donors (Lipinski definition) is 3. The SMILES string of the molecule is CCC(CO)NCc1ccc(OCC(O)c2ccccc2)c(OC)c1.Cl. The fourth-order valence-electron chi connectivity index (χ4n) is 2.48. The summed E-state index contributed by atoms with van der Waals surface area (Å²) in [4.78, 5) is 0. The summed E-state index contributed by atoms with van der Waals surface area (Å²) in [6.07, 6.45) is 0.175. The van der Waals surface area contributed by atoms with E-state index in [0.29, 0.717) is 18.0 Å². The van der Waals surface area contributed by atoms with Crippen molar-refractivity contribution in [3.05, 3.63) is 59.7 Å². The van der Waals surface area contributed by atoms with Crippen LogP contribution in [0.2, 0.25) is 0 Å². The van der Waals surface area contributed by atoms with E-state index >= 15 is 0 Å². The summed E-state index contributed by atoms with van der Waals surface area (Å²) < 4.78 is 11.1. The Hall–Kier alpha value is -1.79. The van der Waals surface area contributed by atoms with Gasteiger partial charge in [-0.3, -0.25) is 0 Å². The molecule has 0 saturated carbocycles. The molecule has 0 aliphatic heterocycles. The van der Waals surface area contributed by atoms with Gasteiger partial charge in [0.2, 0.25) is 0 Å². The zero-order valence-corrected chi connectivity index (χ0v) is 16.0. The van der Waals surface area contributed by atoms with E-state index in [1.54, 1.807) is 7.11 Å². The molecule has 0 aromatic heterocycles. The van der Waals surface area contributed by atoms with Crippen LogP contribution in [-0.4, -0.2) is 36.6 Å². The number of benzene rings is 2. The molecule has 0 heterocycles. The number of nitrogens with one attached hydrogen (secondary N) is 1. The van der Waals surface area contributed by atoms with Crippen LogP contribution in [0.15, 0.2) is 48.5 Å². The van der Waals surface area contributed by atoms with E-state index in [4.69, 9.17) is 9.47 Å². The van der Waals surface area contributed by atoms with Crippen LogP contribution in [0.5, 0.6) is 11.5 Å². The number of rotatable bonds is 10. The van der Waals surface area contributed by atoms with Gasteiger partial charge in [0.1, 0.15) is 12.7 Å². The maximum Gasteiger partial charge on any atom is 0.161 e. The third-order valence-corrected chi connectivity index (χ3v) is 4.12. The van der Waals surface area contributed by atoms with Crippen molar-refractivity contribution in [2.75, 3.05) is 20.3 Å². The number of methoxy groups -OCH3 is 1. The molecule has 0 radical (unpaired) electrons. The highest BCUT2D eigenvalue weighted by Crippen LogP contribution is 2.29. The van der Waals surface area contributed by atoms with Gasteiger partial charge in [-0.05, 0) is 29.7 Å². The summed E-state index contributed by atoms with van der Waals surface area (Å²) in [7, 11) is 1.59. The lowest BCUT2D eigenvalue weighted by Crippen LogP contribution is -2.31. The van der Waals surface area contributed by atoms with Crippen LogP contribution >= 0.6 is 12.4 Å². The predicted octanol–water partition coefficient (Wildman–Crippen LogP) is 3.09. The van der Waals surface area contributed by atoms with Gasteiger partial charge in [0.25, 0.3) is 0 Å². The second-order valence-electron chi connectivity index (χ2n) is 5.89. The number of aliphatic hydroxyl groups is 2. The van der Waals surface area contributed by atoms with Gasteiger partial charge in [0.15, 0.2) is 11.5 Å². The van der Waals surface area contributed by atoms with Gasteiger partial charge in [-0.1, -0.05) is 43.3 Å². The monoisotopic (exact) mass is 381 g/mol. The van der Waals surface area contributed by atoms with Gasteiger partial charge < -0.3 is 25.0 Å². The molecule has 2 aromatic rings. The van der Waals surface area contributed by atoms with Gasteiger partial charge >= 0.3 is 0 Å². The van der Waals surface area contributed by atoms with Crippen molar-refractivity contribution in [1.82, 2.24) is 5.32 Å². The van der Waals surface area contributed by atoms with Crippen LogP contribution in [0.1, 0.15) is 30.6 Å². The standard InChI is InChI=1S/C20H27NO4.ClH/c1-3-17(13-22)21-12-15-9-10-19(20(11-15)24-2)25-14-18(23)16-7-5-4-6-8-16;/h4-11,17-18,21-23H,3,12-14H2,1-2H3;1H. The Labute approximate surface area is 161 Å². The van der Waals surface area contributed by atoms with Crippen LogP contribution in [-0.2, 0) is 6.54 Å². The minimum absolute atomic E-state index is 0. The van der Waals surface area contributed by atoms with Crippen molar-refractivity contribution in [3.63, 3.8) is 0 Å². The lowest BCUT2D eigenvalue weighted by molar-refractivity contribution is 0.106. The maximum atomic E-state index is 10.2. The minimum atomic E-state index is -0.692. The van der Waals surface area contributed by atoms with Crippen LogP contribution in [0.3, 0.4) is 0 Å². The molecule has 0 bridgehead atoms. The number of hydrogen-bond acceptors (Lipinski definition) is 5. The van der Waals surface area contributed by atoms with Crippen molar-refractivity contribution in [2.24, 2.45) is 0 Å². The van der Waals surface area contributed by atoms with Crippen molar-refractivity contribution in [2.45, 2.75) is 32.0 Å². The average molecular weight is 382 g/mol. The molecule has 0 aliphatic rings. The zero-order valence-electron chi connectivity index (χ0n) is 15.2. The first-order valence-corrected chi connectivity index (χ1v) is 8.54. The first kappa shape index (κ1) is 22.3. The number of ether oxygens (including phenoxy) is 2. The smallest absolute Gasteiger partial charge is 0.161 e. The van der Waals surface area contributed by atoms with E-state index in [-0.39, 0.29) is 31.7 Å². The highest BCUT2D eigenvalue weighted by molar-refractivity contribution is 5.85. The van der Waals surface area contributed by atoms with Gasteiger partial charge in [0, 0.05) is 12.6 Å². The van der Waals surface area contributed by atoms with E-state index < -0.39 is 6.10 Å². The molecule has 144 valence electrons. The summed E-state index contributed by atoms with van der Waals surface area (Å²) >= 11 is 0. The Morgan fingerprint density at radius 1 is 1.08 bits per heavy atom. The highest BCUT2D eigenvalue weighted by Gasteiger charge is 2.12. The van der Waals surface area contributed by atoms with Crippen LogP contribution in [0.4, 0.5) is 0 Å². The molecule has 0 amide bonds. The highest BCUT2D eigenvalue weighted by atomic mass is 35.5. The fourth-order valence-corrected chi connectivity index (χ4v) is 2.48. The van der Waals surface area contributed by atoms with Gasteiger partial charge in [-0.2, -0.15) is 0 Å². The summed E-state index contributed by atoms with van der Waals surface area (Å²) in [5.74, 6) is 1.21. The van der Waals surface area contributed by atoms with Crippen molar-refractivity contribution in [3.8, 4) is 11.5 Å². The molecule has 3 N–H and O–H groups in total. The van der Waals surface area contributed by atoms with Gasteiger partial charge in [-0.25, -0.2) is 0 Å². The molecule has 0 aliphatic carbocycles. The van der Waals surface area contributed by atoms with E-state index in [0.717, 1.165) is 17.5 Å². The maximum absolute atomic E-state index is 10.2. The molecule has 6 heteroatoms. The first-order chi connectivity index (χ1) is 12.2. The van der Waals surface area contributed by atoms with Crippen molar-refractivity contribution < 1.29 is 19.7 Å². The molecule has 2 aromatic carbocycles. The van der Waals surface area contributed by atoms with Crippen LogP contribution < -0.4 is 14.8 Å². The third-order valence-electron chi connectivity index (χ3n) is 4.12. The van der Waals surface area contributed by atoms with Crippen LogP contribution in [0, 0.1) is 0 Å². The molecule has 2 atom stereocenters. The van der Waals surface area contributed by atoms with Crippen molar-refractivity contribution >= 4 is 12.4 Å². The lowest BCUT2D eigenvalue weighted by Gasteiger charge is -2.17. The average Bonchev–Trinajstić information content (AvgIpc) is 2.67. The normalized spacial score (nSPS) is 12.8. The topological polar surface area (TPSA) is 71.0 Å². The Bertz CT molecular complexity index is 635. The molecular formula is C20H28ClNO4. The molecular weight excluding hydrogens is 354 g/mol. The molecule has 0 fully saturated rings. The fraction of sp³-hybridized carbons (Fsp3) is 0.400. The van der Waals surface area contributed by atoms with Gasteiger partial charge in [0.05, 0.1) is 13.7 Å². The molecule has 2 unspecified atom stereocenters. The van der Waals surface area contributed by atoms with E-state index in [1.165, 1.54) is 0 Å². The predicted molar refractivity (Wildman–Crippen MR) is 105 cm³/mol. The summed E-state index contributed by atoms with van der Waals surface area (Å²) in [6, 6.07) is 15.2. The Balaban J connectivity index is 0.00000338.